The molecule has 228 valence electrons. The number of thiazole rings is 1. The van der Waals surface area contributed by atoms with Crippen LogP contribution >= 0.6 is 22.7 Å². The van der Waals surface area contributed by atoms with Gasteiger partial charge in [0, 0.05) is 10.4 Å². The molecule has 0 N–H and O–H groups in total. The number of fused-ring (bicyclic) bond motifs is 1. The molecule has 0 bridgehead atoms. The van der Waals surface area contributed by atoms with Gasteiger partial charge in [-0.15, -0.1) is 11.3 Å². The lowest BCUT2D eigenvalue weighted by atomic mass is 9.97. The fourth-order valence-electron chi connectivity index (χ4n) is 5.05. The highest BCUT2D eigenvalue weighted by Crippen LogP contribution is 2.37. The van der Waals surface area contributed by atoms with Gasteiger partial charge in [0.25, 0.3) is 5.56 Å². The van der Waals surface area contributed by atoms with Gasteiger partial charge in [0.15, 0.2) is 16.3 Å². The molecule has 6 rings (SSSR count). The molecule has 2 aromatic heterocycles. The van der Waals surface area contributed by atoms with Crippen molar-refractivity contribution in [3.8, 4) is 11.5 Å². The van der Waals surface area contributed by atoms with Crippen molar-refractivity contribution in [3.63, 3.8) is 0 Å². The van der Waals surface area contributed by atoms with Crippen molar-refractivity contribution in [1.82, 2.24) is 4.57 Å². The summed E-state index contributed by atoms with van der Waals surface area (Å²) < 4.78 is 32.7. The van der Waals surface area contributed by atoms with Crippen molar-refractivity contribution in [2.45, 2.75) is 26.5 Å². The Morgan fingerprint density at radius 1 is 0.956 bits per heavy atom. The number of rotatable bonds is 10. The van der Waals surface area contributed by atoms with Gasteiger partial charge in [-0.3, -0.25) is 9.36 Å². The molecule has 0 saturated heterocycles. The average molecular weight is 641 g/mol. The van der Waals surface area contributed by atoms with Gasteiger partial charge in [-0.25, -0.2) is 14.2 Å². The first kappa shape index (κ1) is 30.2. The third-order valence-corrected chi connectivity index (χ3v) is 8.97. The molecule has 7 nitrogen and oxygen atoms in total. The molecule has 0 fully saturated rings. The fraction of sp³-hybridized carbons (Fsp3) is 0.171. The second kappa shape index (κ2) is 13.5. The Morgan fingerprint density at radius 3 is 2.47 bits per heavy atom. The molecular formula is C35H29FN2O5S2. The standard InChI is InChI=1S/C35H29FN2O5S2/c1-3-41-27-19-23(14-17-26(27)43-21-22-12-15-25(36)16-13-22)20-29-33(39)38-32(28-11-8-18-44-28)30(34(40)42-4-2)31(37-35(38)45-29)24-9-6-5-7-10-24/h5-20,32H,3-4,21H2,1-2H3/b29-20-/t32-/m1/s1. The van der Waals surface area contributed by atoms with E-state index in [2.05, 4.69) is 0 Å². The van der Waals surface area contributed by atoms with Crippen LogP contribution in [0.25, 0.3) is 11.8 Å². The summed E-state index contributed by atoms with van der Waals surface area (Å²) in [6, 6.07) is 24.2. The highest BCUT2D eigenvalue weighted by Gasteiger charge is 2.35. The Bertz CT molecular complexity index is 2030. The van der Waals surface area contributed by atoms with Crippen LogP contribution < -0.4 is 24.4 Å². The van der Waals surface area contributed by atoms with Gasteiger partial charge >= 0.3 is 5.97 Å². The maximum absolute atomic E-state index is 14.1. The summed E-state index contributed by atoms with van der Waals surface area (Å²) in [5.41, 5.74) is 2.87. The maximum atomic E-state index is 14.1. The first-order valence-electron chi connectivity index (χ1n) is 14.4. The fourth-order valence-corrected chi connectivity index (χ4v) is 6.88. The Morgan fingerprint density at radius 2 is 1.76 bits per heavy atom. The maximum Gasteiger partial charge on any atom is 0.338 e. The number of ether oxygens (including phenoxy) is 3. The first-order valence-corrected chi connectivity index (χ1v) is 16.1. The lowest BCUT2D eigenvalue weighted by Crippen LogP contribution is -2.39. The predicted octanol–water partition coefficient (Wildman–Crippen LogP) is 6.11. The Balaban J connectivity index is 1.44. The lowest BCUT2D eigenvalue weighted by Gasteiger charge is -2.24. The Kier molecular flexibility index (Phi) is 9.04. The van der Waals surface area contributed by atoms with E-state index < -0.39 is 12.0 Å². The summed E-state index contributed by atoms with van der Waals surface area (Å²) in [4.78, 5) is 33.8. The number of benzene rings is 3. The zero-order valence-corrected chi connectivity index (χ0v) is 26.2. The molecule has 0 radical (unpaired) electrons. The third-order valence-electron chi connectivity index (χ3n) is 7.06. The molecule has 0 spiro atoms. The Hall–Kier alpha value is -4.80. The molecule has 3 heterocycles. The van der Waals surface area contributed by atoms with Crippen molar-refractivity contribution in [1.29, 1.82) is 0 Å². The lowest BCUT2D eigenvalue weighted by molar-refractivity contribution is -0.138. The van der Waals surface area contributed by atoms with Crippen molar-refractivity contribution >= 4 is 40.4 Å². The minimum absolute atomic E-state index is 0.192. The molecule has 0 unspecified atom stereocenters. The summed E-state index contributed by atoms with van der Waals surface area (Å²) in [6.07, 6.45) is 1.79. The van der Waals surface area contributed by atoms with Crippen LogP contribution in [0.5, 0.6) is 11.5 Å². The van der Waals surface area contributed by atoms with Crippen LogP contribution in [0.15, 0.2) is 106 Å². The van der Waals surface area contributed by atoms with Crippen LogP contribution in [0, 0.1) is 5.82 Å². The molecule has 0 saturated carbocycles. The van der Waals surface area contributed by atoms with Crippen LogP contribution in [-0.4, -0.2) is 23.8 Å². The summed E-state index contributed by atoms with van der Waals surface area (Å²) in [6.45, 7) is 4.49. The van der Waals surface area contributed by atoms with Crippen molar-refractivity contribution in [2.24, 2.45) is 4.99 Å². The van der Waals surface area contributed by atoms with Gasteiger partial charge in [-0.1, -0.05) is 65.9 Å². The van der Waals surface area contributed by atoms with Crippen LogP contribution in [-0.2, 0) is 16.1 Å². The molecule has 5 aromatic rings. The summed E-state index contributed by atoms with van der Waals surface area (Å²) in [7, 11) is 0. The van der Waals surface area contributed by atoms with Crippen LogP contribution in [0.4, 0.5) is 4.39 Å². The van der Waals surface area contributed by atoms with Crippen molar-refractivity contribution < 1.29 is 23.4 Å². The Labute approximate surface area is 266 Å². The second-order valence-electron chi connectivity index (χ2n) is 10.0. The normalized spacial score (nSPS) is 14.6. The largest absolute Gasteiger partial charge is 0.490 e. The van der Waals surface area contributed by atoms with E-state index in [1.165, 1.54) is 34.8 Å². The quantitative estimate of drug-likeness (QED) is 0.172. The third kappa shape index (κ3) is 6.38. The van der Waals surface area contributed by atoms with E-state index in [1.807, 2.05) is 66.9 Å². The van der Waals surface area contributed by atoms with E-state index in [4.69, 9.17) is 19.2 Å². The smallest absolute Gasteiger partial charge is 0.338 e. The number of aromatic nitrogens is 1. The molecule has 1 atom stereocenters. The first-order chi connectivity index (χ1) is 22.0. The molecular weight excluding hydrogens is 612 g/mol. The van der Waals surface area contributed by atoms with Gasteiger partial charge < -0.3 is 14.2 Å². The van der Waals surface area contributed by atoms with Gasteiger partial charge in [0.2, 0.25) is 0 Å². The number of nitrogens with zero attached hydrogens (tertiary/aromatic N) is 2. The minimum Gasteiger partial charge on any atom is -0.490 e. The van der Waals surface area contributed by atoms with Gasteiger partial charge in [0.1, 0.15) is 18.5 Å². The number of carbonyl (C=O) groups is 1. The average Bonchev–Trinajstić information content (AvgIpc) is 3.70. The highest BCUT2D eigenvalue weighted by molar-refractivity contribution is 7.10. The van der Waals surface area contributed by atoms with E-state index >= 15 is 0 Å². The molecule has 3 aromatic carbocycles. The molecule has 10 heteroatoms. The van der Waals surface area contributed by atoms with Crippen molar-refractivity contribution in [2.75, 3.05) is 13.2 Å². The van der Waals surface area contributed by atoms with Gasteiger partial charge in [0.05, 0.1) is 29.0 Å². The van der Waals surface area contributed by atoms with E-state index in [0.717, 1.165) is 21.6 Å². The molecule has 0 amide bonds. The molecule has 1 aliphatic heterocycles. The second-order valence-corrected chi connectivity index (χ2v) is 12.0. The SMILES string of the molecule is CCOC(=O)C1=C(c2ccccc2)N=c2s/c(=C\c3ccc(OCc4ccc(F)cc4)c(OCC)c3)c(=O)n2[C@@H]1c1cccs1. The van der Waals surface area contributed by atoms with E-state index in [0.29, 0.717) is 38.7 Å². The number of hydrogen-bond donors (Lipinski definition) is 0. The van der Waals surface area contributed by atoms with E-state index in [1.54, 1.807) is 35.8 Å². The monoisotopic (exact) mass is 640 g/mol. The van der Waals surface area contributed by atoms with E-state index in [9.17, 15) is 14.0 Å². The molecule has 0 aliphatic carbocycles. The van der Waals surface area contributed by atoms with Crippen LogP contribution in [0.2, 0.25) is 0 Å². The van der Waals surface area contributed by atoms with Crippen LogP contribution in [0.3, 0.4) is 0 Å². The predicted molar refractivity (Wildman–Crippen MR) is 174 cm³/mol. The van der Waals surface area contributed by atoms with Gasteiger partial charge in [-0.05, 0) is 66.8 Å². The topological polar surface area (TPSA) is 79.1 Å². The van der Waals surface area contributed by atoms with Crippen LogP contribution in [0.1, 0.15) is 41.5 Å². The zero-order valence-electron chi connectivity index (χ0n) is 24.6. The summed E-state index contributed by atoms with van der Waals surface area (Å²) >= 11 is 2.73. The minimum atomic E-state index is -0.695. The van der Waals surface area contributed by atoms with Gasteiger partial charge in [-0.2, -0.15) is 0 Å². The highest BCUT2D eigenvalue weighted by atomic mass is 32.1. The molecule has 1 aliphatic rings. The number of esters is 1. The number of thiophene rings is 1. The number of hydrogen-bond acceptors (Lipinski definition) is 8. The number of halogens is 1. The van der Waals surface area contributed by atoms with E-state index in [-0.39, 0.29) is 24.6 Å². The zero-order chi connectivity index (χ0) is 31.3. The summed E-state index contributed by atoms with van der Waals surface area (Å²) in [5.74, 6) is 0.237. The summed E-state index contributed by atoms with van der Waals surface area (Å²) in [5, 5.41) is 1.92. The molecule has 45 heavy (non-hydrogen) atoms. The number of carbonyl (C=O) groups excluding carboxylic acids is 1. The van der Waals surface area contributed by atoms with Crippen molar-refractivity contribution in [3.05, 3.63) is 143 Å².